The Balaban J connectivity index is 2.24. The van der Waals surface area contributed by atoms with Gasteiger partial charge in [0.1, 0.15) is 11.9 Å². The summed E-state index contributed by atoms with van der Waals surface area (Å²) in [5.41, 5.74) is -2.34. The van der Waals surface area contributed by atoms with Crippen molar-refractivity contribution < 1.29 is 35.9 Å². The number of amides is 1. The van der Waals surface area contributed by atoms with Gasteiger partial charge in [-0.2, -0.15) is 18.4 Å². The number of hydrogen-bond acceptors (Lipinski definition) is 5. The molecule has 11 heteroatoms. The third-order valence-corrected chi connectivity index (χ3v) is 6.22. The first-order valence-electron chi connectivity index (χ1n) is 7.97. The molecule has 0 saturated heterocycles. The van der Waals surface area contributed by atoms with Gasteiger partial charge in [-0.25, -0.2) is 12.8 Å². The Hall–Kier alpha value is -2.97. The first kappa shape index (κ1) is 22.3. The lowest BCUT2D eigenvalue weighted by molar-refractivity contribution is -0.137. The predicted octanol–water partition coefficient (Wildman–Crippen LogP) is 2.88. The molecule has 0 bridgehead atoms. The number of alkyl halides is 3. The molecule has 0 aromatic heterocycles. The maximum atomic E-state index is 13.0. The molecule has 0 aliphatic rings. The Morgan fingerprint density at radius 2 is 1.76 bits per heavy atom. The molecule has 2 aromatic rings. The number of sulfone groups is 1. The molecule has 0 heterocycles. The van der Waals surface area contributed by atoms with Gasteiger partial charge in [0.25, 0.3) is 5.91 Å². The zero-order valence-electron chi connectivity index (χ0n) is 14.7. The van der Waals surface area contributed by atoms with Crippen LogP contribution in [-0.2, 0) is 20.8 Å². The molecule has 154 valence electrons. The van der Waals surface area contributed by atoms with Crippen LogP contribution in [0.2, 0.25) is 0 Å². The lowest BCUT2D eigenvalue weighted by Crippen LogP contribution is -2.41. The van der Waals surface area contributed by atoms with Crippen molar-refractivity contribution in [2.75, 3.05) is 5.32 Å². The number of nitriles is 1. The number of aliphatic hydroxyl groups is 1. The summed E-state index contributed by atoms with van der Waals surface area (Å²) >= 11 is 0. The summed E-state index contributed by atoms with van der Waals surface area (Å²) in [6, 6.07) is 7.43. The SMILES string of the molecule is CC(C(O)C(=O)Nc1ccc(C#N)c(C(F)(F)F)c1)S(=O)(=O)c1ccc(F)cc1. The molecule has 1 amide bonds. The molecule has 29 heavy (non-hydrogen) atoms. The Bertz CT molecular complexity index is 1060. The number of halogens is 4. The highest BCUT2D eigenvalue weighted by atomic mass is 32.2. The predicted molar refractivity (Wildman–Crippen MR) is 93.8 cm³/mol. The minimum Gasteiger partial charge on any atom is -0.382 e. The second-order valence-electron chi connectivity index (χ2n) is 6.01. The number of nitrogens with zero attached hydrogens (tertiary/aromatic N) is 1. The summed E-state index contributed by atoms with van der Waals surface area (Å²) in [5, 5.41) is 19.2. The summed E-state index contributed by atoms with van der Waals surface area (Å²) in [6.07, 6.45) is -6.99. The number of carbonyl (C=O) groups excluding carboxylic acids is 1. The molecule has 0 aliphatic heterocycles. The van der Waals surface area contributed by atoms with Gasteiger partial charge in [0.15, 0.2) is 9.84 Å². The van der Waals surface area contributed by atoms with E-state index in [0.29, 0.717) is 6.07 Å². The van der Waals surface area contributed by atoms with Crippen LogP contribution in [0.3, 0.4) is 0 Å². The second kappa shape index (κ2) is 8.18. The maximum Gasteiger partial charge on any atom is 0.417 e. The van der Waals surface area contributed by atoms with E-state index >= 15 is 0 Å². The molecule has 0 saturated carbocycles. The molecule has 2 aromatic carbocycles. The average molecular weight is 430 g/mol. The van der Waals surface area contributed by atoms with Crippen molar-refractivity contribution in [2.45, 2.75) is 29.3 Å². The molecule has 2 unspecified atom stereocenters. The molecular weight excluding hydrogens is 416 g/mol. The van der Waals surface area contributed by atoms with Crippen molar-refractivity contribution in [3.05, 3.63) is 59.4 Å². The molecular formula is C18H14F4N2O4S. The number of hydrogen-bond donors (Lipinski definition) is 2. The second-order valence-corrected chi connectivity index (χ2v) is 8.31. The van der Waals surface area contributed by atoms with Gasteiger partial charge >= 0.3 is 6.18 Å². The molecule has 2 atom stereocenters. The van der Waals surface area contributed by atoms with Crippen LogP contribution in [0, 0.1) is 17.1 Å². The van der Waals surface area contributed by atoms with Crippen molar-refractivity contribution >= 4 is 21.4 Å². The van der Waals surface area contributed by atoms with Crippen molar-refractivity contribution in [3.8, 4) is 6.07 Å². The van der Waals surface area contributed by atoms with Crippen LogP contribution in [-0.4, -0.2) is 30.8 Å². The van der Waals surface area contributed by atoms with E-state index in [0.717, 1.165) is 43.3 Å². The summed E-state index contributed by atoms with van der Waals surface area (Å²) in [6.45, 7) is 1.03. The summed E-state index contributed by atoms with van der Waals surface area (Å²) < 4.78 is 76.9. The Morgan fingerprint density at radius 3 is 2.28 bits per heavy atom. The highest BCUT2D eigenvalue weighted by molar-refractivity contribution is 7.92. The van der Waals surface area contributed by atoms with Crippen molar-refractivity contribution in [2.24, 2.45) is 0 Å². The van der Waals surface area contributed by atoms with Crippen LogP contribution in [0.25, 0.3) is 0 Å². The van der Waals surface area contributed by atoms with E-state index < -0.39 is 50.2 Å². The number of anilines is 1. The Kier molecular flexibility index (Phi) is 6.30. The van der Waals surface area contributed by atoms with Gasteiger partial charge in [0.05, 0.1) is 27.3 Å². The van der Waals surface area contributed by atoms with Gasteiger partial charge < -0.3 is 10.4 Å². The zero-order valence-corrected chi connectivity index (χ0v) is 15.6. The van der Waals surface area contributed by atoms with Crippen LogP contribution in [0.15, 0.2) is 47.4 Å². The number of nitrogens with one attached hydrogen (secondary N) is 1. The van der Waals surface area contributed by atoms with Crippen LogP contribution in [0.1, 0.15) is 18.1 Å². The fraction of sp³-hybridized carbons (Fsp3) is 0.222. The standard InChI is InChI=1S/C18H14F4N2O4S/c1-10(29(27,28)14-6-3-12(19)4-7-14)16(25)17(26)24-13-5-2-11(9-23)15(8-13)18(20,21)22/h2-8,10,16,25H,1H3,(H,24,26). The molecule has 2 rings (SSSR count). The quantitative estimate of drug-likeness (QED) is 0.560. The van der Waals surface area contributed by atoms with E-state index in [1.807, 2.05) is 5.32 Å². The Morgan fingerprint density at radius 1 is 1.17 bits per heavy atom. The van der Waals surface area contributed by atoms with Crippen LogP contribution in [0.4, 0.5) is 23.2 Å². The monoisotopic (exact) mass is 430 g/mol. The zero-order chi connectivity index (χ0) is 22.0. The topological polar surface area (TPSA) is 107 Å². The van der Waals surface area contributed by atoms with Crippen LogP contribution < -0.4 is 5.32 Å². The van der Waals surface area contributed by atoms with E-state index in [4.69, 9.17) is 5.26 Å². The number of benzene rings is 2. The van der Waals surface area contributed by atoms with Gasteiger partial charge in [-0.1, -0.05) is 0 Å². The summed E-state index contributed by atoms with van der Waals surface area (Å²) in [7, 11) is -4.23. The smallest absolute Gasteiger partial charge is 0.382 e. The molecule has 0 radical (unpaired) electrons. The molecule has 2 N–H and O–H groups in total. The van der Waals surface area contributed by atoms with Crippen molar-refractivity contribution in [3.63, 3.8) is 0 Å². The minimum absolute atomic E-state index is 0.337. The van der Waals surface area contributed by atoms with E-state index in [9.17, 15) is 35.9 Å². The fourth-order valence-electron chi connectivity index (χ4n) is 2.39. The summed E-state index contributed by atoms with van der Waals surface area (Å²) in [4.78, 5) is 11.8. The summed E-state index contributed by atoms with van der Waals surface area (Å²) in [5.74, 6) is -1.95. The largest absolute Gasteiger partial charge is 0.417 e. The van der Waals surface area contributed by atoms with Crippen molar-refractivity contribution in [1.29, 1.82) is 5.26 Å². The van der Waals surface area contributed by atoms with E-state index in [1.54, 1.807) is 0 Å². The lowest BCUT2D eigenvalue weighted by atomic mass is 10.1. The highest BCUT2D eigenvalue weighted by Crippen LogP contribution is 2.33. The highest BCUT2D eigenvalue weighted by Gasteiger charge is 2.36. The molecule has 6 nitrogen and oxygen atoms in total. The number of rotatable bonds is 5. The number of aliphatic hydroxyl groups excluding tert-OH is 1. The molecule has 0 fully saturated rings. The first-order chi connectivity index (χ1) is 13.4. The third-order valence-electron chi connectivity index (χ3n) is 4.06. The molecule has 0 spiro atoms. The van der Waals surface area contributed by atoms with Gasteiger partial charge in [0, 0.05) is 5.69 Å². The van der Waals surface area contributed by atoms with E-state index in [2.05, 4.69) is 0 Å². The molecule has 0 aliphatic carbocycles. The maximum absolute atomic E-state index is 13.0. The fourth-order valence-corrected chi connectivity index (χ4v) is 3.80. The average Bonchev–Trinajstić information content (AvgIpc) is 2.66. The van der Waals surface area contributed by atoms with Crippen LogP contribution in [0.5, 0.6) is 0 Å². The van der Waals surface area contributed by atoms with E-state index in [-0.39, 0.29) is 10.6 Å². The van der Waals surface area contributed by atoms with Crippen molar-refractivity contribution in [1.82, 2.24) is 0 Å². The van der Waals surface area contributed by atoms with Gasteiger partial charge in [-0.15, -0.1) is 0 Å². The lowest BCUT2D eigenvalue weighted by Gasteiger charge is -2.19. The minimum atomic E-state index is -4.86. The first-order valence-corrected chi connectivity index (χ1v) is 9.52. The van der Waals surface area contributed by atoms with Crippen LogP contribution >= 0.6 is 0 Å². The normalized spacial score (nSPS) is 14.0. The van der Waals surface area contributed by atoms with Gasteiger partial charge in [-0.3, -0.25) is 4.79 Å². The number of carbonyl (C=O) groups is 1. The van der Waals surface area contributed by atoms with Gasteiger partial charge in [0.2, 0.25) is 0 Å². The van der Waals surface area contributed by atoms with Gasteiger partial charge in [-0.05, 0) is 49.4 Å². The third kappa shape index (κ3) is 4.90. The van der Waals surface area contributed by atoms with E-state index in [1.165, 1.54) is 6.07 Å². The Labute approximate surface area is 163 Å².